The van der Waals surface area contributed by atoms with Gasteiger partial charge in [-0.2, -0.15) is 0 Å². The van der Waals surface area contributed by atoms with E-state index in [4.69, 9.17) is 4.42 Å². The van der Waals surface area contributed by atoms with Gasteiger partial charge in [0.15, 0.2) is 5.58 Å². The summed E-state index contributed by atoms with van der Waals surface area (Å²) in [6.07, 6.45) is 1.22. The molecule has 2 amide bonds. The largest absolute Gasteiger partial charge is 0.419 e. The van der Waals surface area contributed by atoms with Crippen LogP contribution in [0, 0.1) is 0 Å². The number of aryl methyl sites for hydroxylation is 1. The summed E-state index contributed by atoms with van der Waals surface area (Å²) in [5, 5.41) is 2.75. The van der Waals surface area contributed by atoms with Crippen molar-refractivity contribution in [1.82, 2.24) is 4.57 Å². The number of likely N-dealkylation sites (N-methyl/N-ethyl adjacent to an activating group) is 1. The molecule has 0 fully saturated rings. The maximum absolute atomic E-state index is 12.4. The lowest BCUT2D eigenvalue weighted by atomic mass is 10.1. The van der Waals surface area contributed by atoms with Gasteiger partial charge >= 0.3 is 5.76 Å². The molecule has 0 aliphatic heterocycles. The lowest BCUT2D eigenvalue weighted by Gasteiger charge is -2.15. The van der Waals surface area contributed by atoms with Gasteiger partial charge in [-0.15, -0.1) is 0 Å². The van der Waals surface area contributed by atoms with E-state index in [1.165, 1.54) is 15.5 Å². The maximum Gasteiger partial charge on any atom is 0.419 e. The first kappa shape index (κ1) is 17.2. The third-order valence-corrected chi connectivity index (χ3v) is 4.07. The Morgan fingerprint density at radius 3 is 2.54 bits per heavy atom. The second kappa shape index (κ2) is 6.72. The van der Waals surface area contributed by atoms with Crippen molar-refractivity contribution in [3.05, 3.63) is 71.2 Å². The van der Waals surface area contributed by atoms with Gasteiger partial charge in [-0.1, -0.05) is 6.58 Å². The van der Waals surface area contributed by atoms with Crippen LogP contribution in [-0.4, -0.2) is 23.4 Å². The Hall–Kier alpha value is -3.61. The van der Waals surface area contributed by atoms with Crippen molar-refractivity contribution in [2.75, 3.05) is 17.3 Å². The smallest absolute Gasteiger partial charge is 0.408 e. The zero-order valence-corrected chi connectivity index (χ0v) is 14.4. The molecule has 7 heteroatoms. The van der Waals surface area contributed by atoms with E-state index in [9.17, 15) is 14.4 Å². The molecule has 7 nitrogen and oxygen atoms in total. The Labute approximate surface area is 149 Å². The fourth-order valence-corrected chi connectivity index (χ4v) is 2.52. The number of carbonyl (C=O) groups is 2. The number of anilines is 2. The molecule has 1 N–H and O–H groups in total. The minimum atomic E-state index is -0.461. The zero-order valence-electron chi connectivity index (χ0n) is 14.4. The van der Waals surface area contributed by atoms with Crippen LogP contribution in [0.5, 0.6) is 0 Å². The molecular formula is C19H17N3O4. The average molecular weight is 351 g/mol. The van der Waals surface area contributed by atoms with Gasteiger partial charge in [0.1, 0.15) is 0 Å². The van der Waals surface area contributed by atoms with Crippen LogP contribution in [0.4, 0.5) is 11.4 Å². The van der Waals surface area contributed by atoms with Crippen LogP contribution >= 0.6 is 0 Å². The summed E-state index contributed by atoms with van der Waals surface area (Å²) in [6, 6.07) is 11.6. The SMILES string of the molecule is C=CC(=O)N(C)c1ccc(C(=O)Nc2ccc3c(c2)oc(=O)n3C)cc1. The van der Waals surface area contributed by atoms with Crippen molar-refractivity contribution in [3.63, 3.8) is 0 Å². The van der Waals surface area contributed by atoms with E-state index >= 15 is 0 Å². The van der Waals surface area contributed by atoms with Crippen LogP contribution in [0.3, 0.4) is 0 Å². The molecule has 1 heterocycles. The first-order chi connectivity index (χ1) is 12.4. The van der Waals surface area contributed by atoms with Crippen molar-refractivity contribution in [1.29, 1.82) is 0 Å². The predicted molar refractivity (Wildman–Crippen MR) is 99.5 cm³/mol. The number of fused-ring (bicyclic) bond motifs is 1. The van der Waals surface area contributed by atoms with Gasteiger partial charge in [-0.05, 0) is 42.5 Å². The highest BCUT2D eigenvalue weighted by Gasteiger charge is 2.11. The highest BCUT2D eigenvalue weighted by Crippen LogP contribution is 2.19. The van der Waals surface area contributed by atoms with Gasteiger partial charge in [0.05, 0.1) is 5.52 Å². The predicted octanol–water partition coefficient (Wildman–Crippen LogP) is 2.53. The third kappa shape index (κ3) is 3.14. The number of benzene rings is 2. The number of carbonyl (C=O) groups excluding carboxylic acids is 2. The van der Waals surface area contributed by atoms with Crippen molar-refractivity contribution >= 4 is 34.3 Å². The summed E-state index contributed by atoms with van der Waals surface area (Å²) in [5.41, 5.74) is 2.64. The Balaban J connectivity index is 1.78. The standard InChI is InChI=1S/C19H17N3O4/c1-4-17(23)21(2)14-8-5-12(6-9-14)18(24)20-13-7-10-15-16(11-13)26-19(25)22(15)3/h4-11H,1H2,2-3H3,(H,20,24). The van der Waals surface area contributed by atoms with Gasteiger partial charge in [-0.25, -0.2) is 4.79 Å². The van der Waals surface area contributed by atoms with Crippen LogP contribution in [-0.2, 0) is 11.8 Å². The number of rotatable bonds is 4. The molecule has 0 spiro atoms. The van der Waals surface area contributed by atoms with Crippen LogP contribution in [0.15, 0.2) is 64.3 Å². The monoisotopic (exact) mass is 351 g/mol. The molecule has 0 atom stereocenters. The topological polar surface area (TPSA) is 84.6 Å². The van der Waals surface area contributed by atoms with Crippen LogP contribution in [0.1, 0.15) is 10.4 Å². The minimum Gasteiger partial charge on any atom is -0.408 e. The fourth-order valence-electron chi connectivity index (χ4n) is 2.52. The van der Waals surface area contributed by atoms with E-state index in [0.29, 0.717) is 28.0 Å². The highest BCUT2D eigenvalue weighted by atomic mass is 16.4. The summed E-state index contributed by atoms with van der Waals surface area (Å²) >= 11 is 0. The molecular weight excluding hydrogens is 334 g/mol. The number of hydrogen-bond donors (Lipinski definition) is 1. The number of amides is 2. The van der Waals surface area contributed by atoms with E-state index in [1.54, 1.807) is 56.6 Å². The number of nitrogens with zero attached hydrogens (tertiary/aromatic N) is 2. The summed E-state index contributed by atoms with van der Waals surface area (Å²) in [6.45, 7) is 3.44. The third-order valence-electron chi connectivity index (χ3n) is 4.07. The molecule has 0 saturated carbocycles. The molecule has 3 rings (SSSR count). The molecule has 26 heavy (non-hydrogen) atoms. The first-order valence-electron chi connectivity index (χ1n) is 7.82. The van der Waals surface area contributed by atoms with Crippen LogP contribution in [0.2, 0.25) is 0 Å². The summed E-state index contributed by atoms with van der Waals surface area (Å²) < 4.78 is 6.50. The Morgan fingerprint density at radius 2 is 1.88 bits per heavy atom. The number of aromatic nitrogens is 1. The molecule has 0 radical (unpaired) electrons. The van der Waals surface area contributed by atoms with Gasteiger partial charge in [0, 0.05) is 37.1 Å². The molecule has 2 aromatic carbocycles. The van der Waals surface area contributed by atoms with Crippen LogP contribution < -0.4 is 16.0 Å². The molecule has 0 saturated heterocycles. The van der Waals surface area contributed by atoms with Gasteiger partial charge in [0.25, 0.3) is 5.91 Å². The zero-order chi connectivity index (χ0) is 18.8. The number of hydrogen-bond acceptors (Lipinski definition) is 4. The van der Waals surface area contributed by atoms with E-state index in [0.717, 1.165) is 0 Å². The summed E-state index contributed by atoms with van der Waals surface area (Å²) in [4.78, 5) is 36.9. The second-order valence-corrected chi connectivity index (χ2v) is 5.71. The maximum atomic E-state index is 12.4. The highest BCUT2D eigenvalue weighted by molar-refractivity contribution is 6.05. The average Bonchev–Trinajstić information content (AvgIpc) is 2.94. The second-order valence-electron chi connectivity index (χ2n) is 5.71. The summed E-state index contributed by atoms with van der Waals surface area (Å²) in [7, 11) is 3.24. The van der Waals surface area contributed by atoms with Gasteiger partial charge in [-0.3, -0.25) is 14.2 Å². The first-order valence-corrected chi connectivity index (χ1v) is 7.82. The molecule has 3 aromatic rings. The van der Waals surface area contributed by atoms with E-state index in [2.05, 4.69) is 11.9 Å². The Kier molecular flexibility index (Phi) is 4.45. The van der Waals surface area contributed by atoms with E-state index in [1.807, 2.05) is 0 Å². The van der Waals surface area contributed by atoms with E-state index < -0.39 is 5.76 Å². The van der Waals surface area contributed by atoms with Gasteiger partial charge < -0.3 is 14.6 Å². The van der Waals surface area contributed by atoms with Crippen molar-refractivity contribution in [2.45, 2.75) is 0 Å². The minimum absolute atomic E-state index is 0.236. The van der Waals surface area contributed by atoms with Crippen molar-refractivity contribution < 1.29 is 14.0 Å². The molecule has 0 aliphatic carbocycles. The quantitative estimate of drug-likeness (QED) is 0.732. The molecule has 0 bridgehead atoms. The number of nitrogens with one attached hydrogen (secondary N) is 1. The summed E-state index contributed by atoms with van der Waals surface area (Å²) in [5.74, 6) is -1.01. The fraction of sp³-hybridized carbons (Fsp3) is 0.105. The van der Waals surface area contributed by atoms with Crippen molar-refractivity contribution in [3.8, 4) is 0 Å². The normalized spacial score (nSPS) is 10.5. The lowest BCUT2D eigenvalue weighted by Crippen LogP contribution is -2.23. The van der Waals surface area contributed by atoms with Crippen LogP contribution in [0.25, 0.3) is 11.1 Å². The van der Waals surface area contributed by atoms with Crippen molar-refractivity contribution in [2.24, 2.45) is 7.05 Å². The van der Waals surface area contributed by atoms with Gasteiger partial charge in [0.2, 0.25) is 5.91 Å². The molecule has 0 unspecified atom stereocenters. The molecule has 0 aliphatic rings. The van der Waals surface area contributed by atoms with E-state index in [-0.39, 0.29) is 11.8 Å². The molecule has 132 valence electrons. The Morgan fingerprint density at radius 1 is 1.19 bits per heavy atom. The Bertz CT molecular complexity index is 1060. The number of oxazole rings is 1. The lowest BCUT2D eigenvalue weighted by molar-refractivity contribution is -0.113. The molecule has 1 aromatic heterocycles.